The summed E-state index contributed by atoms with van der Waals surface area (Å²) >= 11 is 0. The predicted octanol–water partition coefficient (Wildman–Crippen LogP) is 5.78. The van der Waals surface area contributed by atoms with Gasteiger partial charge in [-0.3, -0.25) is 9.67 Å². The van der Waals surface area contributed by atoms with Gasteiger partial charge in [-0.2, -0.15) is 18.3 Å². The molecule has 6 nitrogen and oxygen atoms in total. The molecule has 0 N–H and O–H groups in total. The third-order valence-electron chi connectivity index (χ3n) is 5.72. The second-order valence-electron chi connectivity index (χ2n) is 8.02. The molecular weight excluding hydrogens is 431 g/mol. The summed E-state index contributed by atoms with van der Waals surface area (Å²) in [4.78, 5) is 4.69. The molecule has 0 fully saturated rings. The molecule has 0 radical (unpaired) electrons. The first kappa shape index (κ1) is 21.0. The molecule has 0 bridgehead atoms. The number of alkyl halides is 3. The first-order chi connectivity index (χ1) is 15.7. The lowest BCUT2D eigenvalue weighted by Crippen LogP contribution is -2.11. The monoisotopic (exact) mass is 451 g/mol. The van der Waals surface area contributed by atoms with E-state index < -0.39 is 11.7 Å². The fraction of sp³-hybridized carbons (Fsp3) is 0.208. The zero-order valence-electron chi connectivity index (χ0n) is 18.2. The maximum atomic E-state index is 13.6. The number of hydrogen-bond donors (Lipinski definition) is 0. The number of benzene rings is 1. The highest BCUT2D eigenvalue weighted by atomic mass is 19.4. The Morgan fingerprint density at radius 3 is 2.48 bits per heavy atom. The lowest BCUT2D eigenvalue weighted by Gasteiger charge is -2.14. The zero-order valence-corrected chi connectivity index (χ0v) is 18.2. The van der Waals surface area contributed by atoms with Crippen molar-refractivity contribution in [1.29, 1.82) is 0 Å². The highest BCUT2D eigenvalue weighted by Crippen LogP contribution is 2.36. The quantitative estimate of drug-likeness (QED) is 0.348. The van der Waals surface area contributed by atoms with E-state index in [1.807, 2.05) is 39.4 Å². The first-order valence-electron chi connectivity index (χ1n) is 10.3. The third kappa shape index (κ3) is 3.69. The highest BCUT2D eigenvalue weighted by Gasteiger charge is 2.33. The minimum atomic E-state index is -4.44. The molecule has 0 aliphatic rings. The lowest BCUT2D eigenvalue weighted by atomic mass is 10.0. The first-order valence-corrected chi connectivity index (χ1v) is 10.3. The Morgan fingerprint density at radius 1 is 1.03 bits per heavy atom. The third-order valence-corrected chi connectivity index (χ3v) is 5.72. The van der Waals surface area contributed by atoms with Crippen LogP contribution in [0.3, 0.4) is 0 Å². The van der Waals surface area contributed by atoms with Gasteiger partial charge in [-0.15, -0.1) is 0 Å². The standard InChI is InChI=1S/C24H20F3N5O/c1-14-22(15(2)33-30-14)17-8-21-23(28-9-17)19(18-10-29-31(3)11-18)13-32(21)12-16-6-4-5-7-20(16)24(25,26)27/h4-11,13H,12H2,1-3H3. The van der Waals surface area contributed by atoms with Crippen molar-refractivity contribution in [3.63, 3.8) is 0 Å². The smallest absolute Gasteiger partial charge is 0.361 e. The Morgan fingerprint density at radius 2 is 1.82 bits per heavy atom. The van der Waals surface area contributed by atoms with E-state index in [4.69, 9.17) is 4.52 Å². The minimum absolute atomic E-state index is 0.0409. The Balaban J connectivity index is 1.71. The zero-order chi connectivity index (χ0) is 23.3. The van der Waals surface area contributed by atoms with Crippen LogP contribution in [0.5, 0.6) is 0 Å². The number of aryl methyl sites for hydroxylation is 3. The predicted molar refractivity (Wildman–Crippen MR) is 117 cm³/mol. The fourth-order valence-corrected chi connectivity index (χ4v) is 4.22. The van der Waals surface area contributed by atoms with E-state index in [0.717, 1.165) is 34.0 Å². The van der Waals surface area contributed by atoms with Crippen molar-refractivity contribution >= 4 is 11.0 Å². The number of pyridine rings is 1. The van der Waals surface area contributed by atoms with Gasteiger partial charge in [0, 0.05) is 54.4 Å². The second kappa shape index (κ2) is 7.61. The fourth-order valence-electron chi connectivity index (χ4n) is 4.22. The highest BCUT2D eigenvalue weighted by molar-refractivity contribution is 5.94. The van der Waals surface area contributed by atoms with Crippen molar-refractivity contribution in [1.82, 2.24) is 24.5 Å². The van der Waals surface area contributed by atoms with Crippen LogP contribution in [0.4, 0.5) is 13.2 Å². The van der Waals surface area contributed by atoms with Crippen LogP contribution in [-0.4, -0.2) is 24.5 Å². The van der Waals surface area contributed by atoms with Crippen molar-refractivity contribution in [2.75, 3.05) is 0 Å². The molecule has 33 heavy (non-hydrogen) atoms. The maximum Gasteiger partial charge on any atom is 0.416 e. The van der Waals surface area contributed by atoms with Crippen LogP contribution in [-0.2, 0) is 19.8 Å². The summed E-state index contributed by atoms with van der Waals surface area (Å²) in [5, 5.41) is 8.24. The van der Waals surface area contributed by atoms with Crippen molar-refractivity contribution in [2.45, 2.75) is 26.6 Å². The number of rotatable bonds is 4. The molecule has 1 aromatic carbocycles. The molecule has 0 saturated heterocycles. The van der Waals surface area contributed by atoms with E-state index in [9.17, 15) is 13.2 Å². The molecule has 4 heterocycles. The van der Waals surface area contributed by atoms with Gasteiger partial charge in [0.15, 0.2) is 0 Å². The van der Waals surface area contributed by atoms with Crippen molar-refractivity contribution in [3.8, 4) is 22.3 Å². The molecule has 0 atom stereocenters. The normalized spacial score (nSPS) is 12.1. The summed E-state index contributed by atoms with van der Waals surface area (Å²) < 4.78 is 49.7. The van der Waals surface area contributed by atoms with Gasteiger partial charge in [0.05, 0.1) is 28.5 Å². The summed E-state index contributed by atoms with van der Waals surface area (Å²) in [6.45, 7) is 3.70. The van der Waals surface area contributed by atoms with Crippen LogP contribution in [0.15, 0.2) is 59.6 Å². The Labute approximate surface area is 187 Å². The second-order valence-corrected chi connectivity index (χ2v) is 8.02. The van der Waals surface area contributed by atoms with Gasteiger partial charge in [-0.1, -0.05) is 23.4 Å². The summed E-state index contributed by atoms with van der Waals surface area (Å²) in [6.07, 6.45) is 2.70. The van der Waals surface area contributed by atoms with Crippen LogP contribution < -0.4 is 0 Å². The molecule has 0 aliphatic heterocycles. The largest absolute Gasteiger partial charge is 0.416 e. The summed E-state index contributed by atoms with van der Waals surface area (Å²) in [7, 11) is 1.81. The van der Waals surface area contributed by atoms with E-state index in [2.05, 4.69) is 15.2 Å². The Hall–Kier alpha value is -3.88. The molecule has 0 amide bonds. The maximum absolute atomic E-state index is 13.6. The van der Waals surface area contributed by atoms with Crippen LogP contribution in [0.25, 0.3) is 33.3 Å². The molecule has 4 aromatic heterocycles. The van der Waals surface area contributed by atoms with Gasteiger partial charge in [0.1, 0.15) is 5.76 Å². The van der Waals surface area contributed by atoms with Crippen LogP contribution >= 0.6 is 0 Å². The molecule has 0 saturated carbocycles. The number of nitrogens with zero attached hydrogens (tertiary/aromatic N) is 5. The van der Waals surface area contributed by atoms with Gasteiger partial charge in [-0.25, -0.2) is 0 Å². The van der Waals surface area contributed by atoms with Crippen LogP contribution in [0.2, 0.25) is 0 Å². The van der Waals surface area contributed by atoms with Gasteiger partial charge in [0.25, 0.3) is 0 Å². The van der Waals surface area contributed by atoms with E-state index in [-0.39, 0.29) is 12.1 Å². The average molecular weight is 451 g/mol. The topological polar surface area (TPSA) is 61.7 Å². The SMILES string of the molecule is Cc1noc(C)c1-c1cnc2c(-c3cnn(C)c3)cn(Cc3ccccc3C(F)(F)F)c2c1. The van der Waals surface area contributed by atoms with Crippen molar-refractivity contribution in [2.24, 2.45) is 7.05 Å². The van der Waals surface area contributed by atoms with Gasteiger partial charge >= 0.3 is 6.18 Å². The van der Waals surface area contributed by atoms with E-state index in [1.165, 1.54) is 12.1 Å². The van der Waals surface area contributed by atoms with Gasteiger partial charge in [0.2, 0.25) is 0 Å². The Kier molecular flexibility index (Phi) is 4.84. The van der Waals surface area contributed by atoms with E-state index >= 15 is 0 Å². The van der Waals surface area contributed by atoms with Gasteiger partial charge < -0.3 is 9.09 Å². The summed E-state index contributed by atoms with van der Waals surface area (Å²) in [5.41, 5.74) is 4.91. The van der Waals surface area contributed by atoms with E-state index in [1.54, 1.807) is 27.7 Å². The molecule has 0 spiro atoms. The number of aromatic nitrogens is 5. The number of fused-ring (bicyclic) bond motifs is 1. The molecule has 168 valence electrons. The summed E-state index contributed by atoms with van der Waals surface area (Å²) in [5.74, 6) is 0.654. The molecule has 0 unspecified atom stereocenters. The molecule has 5 aromatic rings. The lowest BCUT2D eigenvalue weighted by molar-refractivity contribution is -0.138. The van der Waals surface area contributed by atoms with Crippen molar-refractivity contribution < 1.29 is 17.7 Å². The minimum Gasteiger partial charge on any atom is -0.361 e. The molecule has 5 rings (SSSR count). The molecular formula is C24H20F3N5O. The number of hydrogen-bond acceptors (Lipinski definition) is 4. The average Bonchev–Trinajstić information content (AvgIpc) is 3.45. The van der Waals surface area contributed by atoms with Gasteiger partial charge in [-0.05, 0) is 31.5 Å². The Bertz CT molecular complexity index is 1460. The number of halogens is 3. The molecule has 0 aliphatic carbocycles. The van der Waals surface area contributed by atoms with Crippen LogP contribution in [0, 0.1) is 13.8 Å². The van der Waals surface area contributed by atoms with E-state index in [0.29, 0.717) is 16.8 Å². The van der Waals surface area contributed by atoms with Crippen molar-refractivity contribution in [3.05, 3.63) is 77.7 Å². The molecule has 9 heteroatoms. The summed E-state index contributed by atoms with van der Waals surface area (Å²) in [6, 6.07) is 7.55. The van der Waals surface area contributed by atoms with Crippen LogP contribution in [0.1, 0.15) is 22.6 Å².